The van der Waals surface area contributed by atoms with Gasteiger partial charge in [0.15, 0.2) is 11.3 Å². The number of benzene rings is 1. The third-order valence-corrected chi connectivity index (χ3v) is 3.44. The minimum Gasteiger partial charge on any atom is -0.480 e. The van der Waals surface area contributed by atoms with E-state index in [9.17, 15) is 4.79 Å². The lowest BCUT2D eigenvalue weighted by atomic mass is 9.93. The smallest absolute Gasteiger partial charge is 0.252 e. The van der Waals surface area contributed by atoms with Crippen molar-refractivity contribution in [1.29, 1.82) is 10.5 Å². The number of allylic oxidation sites excluding steroid dienone is 1. The molecule has 0 saturated carbocycles. The van der Waals surface area contributed by atoms with Crippen molar-refractivity contribution in [2.45, 2.75) is 19.4 Å². The largest absolute Gasteiger partial charge is 0.480 e. The minimum absolute atomic E-state index is 0.0554. The van der Waals surface area contributed by atoms with Crippen LogP contribution in [0.15, 0.2) is 58.9 Å². The molecular formula is C18H15N3O2. The number of carbonyl (C=O) groups excluding carboxylic acids is 1. The second kappa shape index (κ2) is 6.21. The molecule has 23 heavy (non-hydrogen) atoms. The van der Waals surface area contributed by atoms with Crippen LogP contribution in [0.3, 0.4) is 0 Å². The van der Waals surface area contributed by atoms with E-state index in [0.29, 0.717) is 5.57 Å². The maximum absolute atomic E-state index is 11.9. The lowest BCUT2D eigenvalue weighted by Crippen LogP contribution is -2.21. The number of nitriles is 2. The van der Waals surface area contributed by atoms with Gasteiger partial charge in [-0.05, 0) is 19.4 Å². The molecule has 0 unspecified atom stereocenters. The van der Waals surface area contributed by atoms with Gasteiger partial charge in [-0.15, -0.1) is 0 Å². The second-order valence-corrected chi connectivity index (χ2v) is 5.44. The number of nitrogens with zero attached hydrogens (tertiary/aromatic N) is 2. The third-order valence-electron chi connectivity index (χ3n) is 3.44. The Labute approximate surface area is 134 Å². The summed E-state index contributed by atoms with van der Waals surface area (Å²) in [5.74, 6) is -0.790. The topological polar surface area (TPSA) is 99.9 Å². The summed E-state index contributed by atoms with van der Waals surface area (Å²) in [5, 5.41) is 18.1. The fraction of sp³-hybridized carbons (Fsp3) is 0.167. The van der Waals surface area contributed by atoms with Gasteiger partial charge >= 0.3 is 0 Å². The van der Waals surface area contributed by atoms with E-state index in [2.05, 4.69) is 0 Å². The first-order chi connectivity index (χ1) is 10.9. The molecule has 0 aromatic heterocycles. The summed E-state index contributed by atoms with van der Waals surface area (Å²) in [6.45, 7) is 3.50. The van der Waals surface area contributed by atoms with Gasteiger partial charge in [0.2, 0.25) is 0 Å². The number of hydrogen-bond acceptors (Lipinski definition) is 4. The third kappa shape index (κ3) is 3.14. The lowest BCUT2D eigenvalue weighted by Gasteiger charge is -2.20. The monoisotopic (exact) mass is 305 g/mol. The highest BCUT2D eigenvalue weighted by Gasteiger charge is 2.40. The second-order valence-electron chi connectivity index (χ2n) is 5.44. The molecule has 5 heteroatoms. The molecule has 1 heterocycles. The predicted octanol–water partition coefficient (Wildman–Crippen LogP) is 2.59. The standard InChI is InChI=1S/C18H15N3O2/c1-18(2)14(9-8-12-6-4-3-5-7-12)15(17(21)22)16(23-18)13(10-19)11-20/h3-9H,1-2H3,(H2,21,22). The molecule has 0 saturated heterocycles. The van der Waals surface area contributed by atoms with Crippen molar-refractivity contribution in [2.24, 2.45) is 5.73 Å². The average molecular weight is 305 g/mol. The highest BCUT2D eigenvalue weighted by molar-refractivity contribution is 5.99. The Kier molecular flexibility index (Phi) is 4.34. The van der Waals surface area contributed by atoms with Gasteiger partial charge in [-0.2, -0.15) is 10.5 Å². The Hall–Kier alpha value is -3.31. The van der Waals surface area contributed by atoms with E-state index in [1.54, 1.807) is 32.1 Å². The summed E-state index contributed by atoms with van der Waals surface area (Å²) in [4.78, 5) is 11.9. The number of nitrogens with two attached hydrogens (primary N) is 1. The molecule has 1 aromatic carbocycles. The van der Waals surface area contributed by atoms with Crippen molar-refractivity contribution < 1.29 is 9.53 Å². The molecule has 0 bridgehead atoms. The van der Waals surface area contributed by atoms with Gasteiger partial charge in [0.05, 0.1) is 5.57 Å². The van der Waals surface area contributed by atoms with Crippen molar-refractivity contribution in [3.05, 3.63) is 64.4 Å². The summed E-state index contributed by atoms with van der Waals surface area (Å²) >= 11 is 0. The lowest BCUT2D eigenvalue weighted by molar-refractivity contribution is -0.114. The van der Waals surface area contributed by atoms with Gasteiger partial charge in [0.1, 0.15) is 17.7 Å². The van der Waals surface area contributed by atoms with Crippen molar-refractivity contribution >= 4 is 12.0 Å². The fourth-order valence-electron chi connectivity index (χ4n) is 2.36. The zero-order valence-electron chi connectivity index (χ0n) is 12.8. The molecule has 0 radical (unpaired) electrons. The highest BCUT2D eigenvalue weighted by Crippen LogP contribution is 2.40. The Morgan fingerprint density at radius 1 is 1.17 bits per heavy atom. The summed E-state index contributed by atoms with van der Waals surface area (Å²) in [6.07, 6.45) is 3.56. The van der Waals surface area contributed by atoms with Crippen LogP contribution in [0.5, 0.6) is 0 Å². The SMILES string of the molecule is CC1(C)OC(=C(C#N)C#N)C(C(N)=O)=C1C=Cc1ccccc1. The van der Waals surface area contributed by atoms with Gasteiger partial charge in [-0.3, -0.25) is 4.79 Å². The highest BCUT2D eigenvalue weighted by atomic mass is 16.5. The van der Waals surface area contributed by atoms with Crippen LogP contribution in [0, 0.1) is 22.7 Å². The fourth-order valence-corrected chi connectivity index (χ4v) is 2.36. The van der Waals surface area contributed by atoms with E-state index in [1.165, 1.54) is 0 Å². The molecule has 5 nitrogen and oxygen atoms in total. The maximum atomic E-state index is 11.9. The Morgan fingerprint density at radius 2 is 1.78 bits per heavy atom. The first-order valence-electron chi connectivity index (χ1n) is 6.92. The summed E-state index contributed by atoms with van der Waals surface area (Å²) in [7, 11) is 0. The van der Waals surface area contributed by atoms with Crippen LogP contribution in [0.25, 0.3) is 6.08 Å². The number of ether oxygens (including phenoxy) is 1. The Bertz CT molecular complexity index is 800. The predicted molar refractivity (Wildman–Crippen MR) is 85.1 cm³/mol. The normalized spacial score (nSPS) is 15.9. The van der Waals surface area contributed by atoms with Gasteiger partial charge in [0.25, 0.3) is 5.91 Å². The van der Waals surface area contributed by atoms with Gasteiger partial charge in [-0.1, -0.05) is 42.5 Å². The minimum atomic E-state index is -0.871. The molecular weight excluding hydrogens is 290 g/mol. The first kappa shape index (κ1) is 16.1. The molecule has 0 spiro atoms. The molecule has 1 aromatic rings. The van der Waals surface area contributed by atoms with Crippen molar-refractivity contribution in [3.8, 4) is 12.1 Å². The number of primary amides is 1. The Balaban J connectivity index is 2.62. The average Bonchev–Trinajstić information content (AvgIpc) is 2.78. The van der Waals surface area contributed by atoms with E-state index < -0.39 is 11.5 Å². The van der Waals surface area contributed by atoms with Crippen LogP contribution < -0.4 is 5.73 Å². The van der Waals surface area contributed by atoms with Crippen molar-refractivity contribution in [2.75, 3.05) is 0 Å². The van der Waals surface area contributed by atoms with Crippen LogP contribution in [0.1, 0.15) is 19.4 Å². The molecule has 1 amide bonds. The summed E-state index contributed by atoms with van der Waals surface area (Å²) in [5.41, 5.74) is 5.86. The van der Waals surface area contributed by atoms with E-state index in [-0.39, 0.29) is 16.9 Å². The maximum Gasteiger partial charge on any atom is 0.252 e. The van der Waals surface area contributed by atoms with Crippen LogP contribution >= 0.6 is 0 Å². The van der Waals surface area contributed by atoms with Crippen molar-refractivity contribution in [3.63, 3.8) is 0 Å². The molecule has 0 atom stereocenters. The summed E-state index contributed by atoms with van der Waals surface area (Å²) < 4.78 is 5.68. The zero-order valence-corrected chi connectivity index (χ0v) is 12.8. The molecule has 1 aliphatic heterocycles. The van der Waals surface area contributed by atoms with Gasteiger partial charge in [0, 0.05) is 5.57 Å². The summed E-state index contributed by atoms with van der Waals surface area (Å²) in [6, 6.07) is 13.0. The van der Waals surface area contributed by atoms with Gasteiger partial charge < -0.3 is 10.5 Å². The van der Waals surface area contributed by atoms with Crippen LogP contribution in [-0.2, 0) is 9.53 Å². The number of rotatable bonds is 3. The molecule has 2 N–H and O–H groups in total. The Morgan fingerprint density at radius 3 is 2.30 bits per heavy atom. The quantitative estimate of drug-likeness (QED) is 0.867. The molecule has 114 valence electrons. The van der Waals surface area contributed by atoms with E-state index in [0.717, 1.165) is 5.56 Å². The number of carbonyl (C=O) groups is 1. The van der Waals surface area contributed by atoms with Crippen molar-refractivity contribution in [1.82, 2.24) is 0 Å². The molecule has 0 fully saturated rings. The molecule has 1 aliphatic rings. The zero-order chi connectivity index (χ0) is 17.0. The molecule has 2 rings (SSSR count). The van der Waals surface area contributed by atoms with Crippen LogP contribution in [-0.4, -0.2) is 11.5 Å². The number of amides is 1. The molecule has 0 aliphatic carbocycles. The van der Waals surface area contributed by atoms with E-state index >= 15 is 0 Å². The van der Waals surface area contributed by atoms with E-state index in [4.69, 9.17) is 21.0 Å². The van der Waals surface area contributed by atoms with Crippen LogP contribution in [0.2, 0.25) is 0 Å². The van der Waals surface area contributed by atoms with Gasteiger partial charge in [-0.25, -0.2) is 0 Å². The van der Waals surface area contributed by atoms with E-state index in [1.807, 2.05) is 36.4 Å². The van der Waals surface area contributed by atoms with Crippen LogP contribution in [0.4, 0.5) is 0 Å². The number of hydrogen-bond donors (Lipinski definition) is 1. The first-order valence-corrected chi connectivity index (χ1v) is 6.92.